The number of ether oxygens (including phenoxy) is 2. The molecule has 1 unspecified atom stereocenters. The molecule has 2 bridgehead atoms. The van der Waals surface area contributed by atoms with Crippen molar-refractivity contribution in [2.24, 2.45) is 0 Å². The topological polar surface area (TPSA) is 83.9 Å². The number of alkyl halides is 1. The molecule has 222 valence electrons. The van der Waals surface area contributed by atoms with Gasteiger partial charge in [0.25, 0.3) is 0 Å². The molecule has 0 aromatic carbocycles. The van der Waals surface area contributed by atoms with Gasteiger partial charge in [-0.05, 0) is 72.3 Å². The molecule has 5 aliphatic heterocycles. The predicted octanol–water partition coefficient (Wildman–Crippen LogP) is 5.07. The van der Waals surface area contributed by atoms with E-state index in [1.54, 1.807) is 0 Å². The molecule has 2 aromatic rings. The van der Waals surface area contributed by atoms with E-state index < -0.39 is 17.6 Å². The van der Waals surface area contributed by atoms with Crippen LogP contribution in [0.5, 0.6) is 6.01 Å². The highest BCUT2D eigenvalue weighted by molar-refractivity contribution is 6.30. The summed E-state index contributed by atoms with van der Waals surface area (Å²) >= 11 is 6.26. The van der Waals surface area contributed by atoms with Crippen LogP contribution in [0.2, 0.25) is 5.15 Å². The Morgan fingerprint density at radius 1 is 1.12 bits per heavy atom. The highest BCUT2D eigenvalue weighted by Crippen LogP contribution is 2.44. The number of aromatic nitrogens is 3. The minimum absolute atomic E-state index is 0.0230. The average Bonchev–Trinajstić information content (AvgIpc) is 3.53. The Bertz CT molecular complexity index is 1390. The molecule has 0 radical (unpaired) electrons. The quantitative estimate of drug-likeness (QED) is 0.459. The van der Waals surface area contributed by atoms with Gasteiger partial charge in [-0.1, -0.05) is 11.6 Å². The van der Waals surface area contributed by atoms with E-state index in [0.717, 1.165) is 45.1 Å². The van der Waals surface area contributed by atoms with Crippen molar-refractivity contribution >= 4 is 34.4 Å². The van der Waals surface area contributed by atoms with Crippen LogP contribution in [0.1, 0.15) is 71.4 Å². The Kier molecular flexibility index (Phi) is 6.50. The van der Waals surface area contributed by atoms with E-state index in [1.165, 1.54) is 0 Å². The number of carbonyl (C=O) groups is 1. The summed E-state index contributed by atoms with van der Waals surface area (Å²) in [6.07, 6.45) is 5.02. The van der Waals surface area contributed by atoms with Crippen molar-refractivity contribution in [2.45, 2.75) is 108 Å². The van der Waals surface area contributed by atoms with Crippen molar-refractivity contribution in [3.63, 3.8) is 0 Å². The van der Waals surface area contributed by atoms with Gasteiger partial charge in [-0.2, -0.15) is 9.97 Å². The molecule has 12 heteroatoms. The summed E-state index contributed by atoms with van der Waals surface area (Å²) in [5.41, 5.74) is -0.205. The third-order valence-electron chi connectivity index (χ3n) is 9.60. The average molecular weight is 591 g/mol. The van der Waals surface area contributed by atoms with Crippen LogP contribution in [0.3, 0.4) is 0 Å². The number of halogens is 3. The van der Waals surface area contributed by atoms with Gasteiger partial charge in [0.2, 0.25) is 0 Å². The molecule has 9 nitrogen and oxygen atoms in total. The number of hydrogen-bond acceptors (Lipinski definition) is 8. The molecule has 0 N–H and O–H groups in total. The van der Waals surface area contributed by atoms with Crippen molar-refractivity contribution in [1.29, 1.82) is 0 Å². The van der Waals surface area contributed by atoms with Crippen LogP contribution < -0.4 is 9.64 Å². The monoisotopic (exact) mass is 590 g/mol. The molecular weight excluding hydrogens is 554 g/mol. The van der Waals surface area contributed by atoms with Crippen LogP contribution in [0.15, 0.2) is 0 Å². The fraction of sp³-hybridized carbons (Fsp3) is 0.724. The van der Waals surface area contributed by atoms with Crippen LogP contribution >= 0.6 is 11.6 Å². The number of nitrogens with zero attached hydrogens (tertiary/aromatic N) is 6. The third kappa shape index (κ3) is 4.58. The molecule has 0 aliphatic carbocycles. The van der Waals surface area contributed by atoms with Gasteiger partial charge in [-0.25, -0.2) is 18.6 Å². The van der Waals surface area contributed by atoms with Gasteiger partial charge in [0.05, 0.1) is 34.7 Å². The number of carbonyl (C=O) groups excluding carboxylic acids is 1. The molecule has 41 heavy (non-hydrogen) atoms. The number of hydrogen-bond donors (Lipinski definition) is 0. The Morgan fingerprint density at radius 3 is 2.76 bits per heavy atom. The van der Waals surface area contributed by atoms with Crippen LogP contribution in [-0.2, 0) is 11.2 Å². The highest BCUT2D eigenvalue weighted by Gasteiger charge is 2.51. The lowest BCUT2D eigenvalue weighted by Crippen LogP contribution is -2.62. The summed E-state index contributed by atoms with van der Waals surface area (Å²) in [5, 5.41) is 0.339. The minimum Gasteiger partial charge on any atom is -0.461 e. The Hall–Kier alpha value is -2.53. The molecule has 5 aliphatic rings. The molecule has 2 aromatic heterocycles. The Balaban J connectivity index is 1.27. The standard InChI is InChI=1S/C29H37ClF2N6O3/c1-28(2,3)41-27(39)38-17-8-9-20(38)19-7-4-6-18-21-23(22(32)24(30)33-18)34-26(35-25(21)37(19)14-17)40-15-29-10-5-11-36(29)13-16(31)12-29/h16-17,19-20H,4-15H2,1-3H3/t16-,17?,19-,20+,29+/m1/s1. The first-order valence-electron chi connectivity index (χ1n) is 14.9. The van der Waals surface area contributed by atoms with E-state index in [0.29, 0.717) is 42.8 Å². The zero-order valence-corrected chi connectivity index (χ0v) is 24.6. The molecule has 7 rings (SSSR count). The summed E-state index contributed by atoms with van der Waals surface area (Å²) in [6, 6.07) is -0.0653. The van der Waals surface area contributed by atoms with E-state index in [-0.39, 0.29) is 53.0 Å². The maximum absolute atomic E-state index is 15.6. The number of aryl methyl sites for hydroxylation is 1. The first-order valence-corrected chi connectivity index (χ1v) is 15.3. The molecule has 4 saturated heterocycles. The second-order valence-corrected chi connectivity index (χ2v) is 13.7. The van der Waals surface area contributed by atoms with Crippen molar-refractivity contribution < 1.29 is 23.0 Å². The zero-order chi connectivity index (χ0) is 28.7. The van der Waals surface area contributed by atoms with Crippen LogP contribution in [0.4, 0.5) is 19.4 Å². The number of fused-ring (bicyclic) bond motifs is 6. The normalized spacial score (nSPS) is 31.2. The van der Waals surface area contributed by atoms with E-state index in [1.807, 2.05) is 25.7 Å². The molecule has 0 saturated carbocycles. The van der Waals surface area contributed by atoms with Crippen molar-refractivity contribution in [2.75, 3.05) is 31.1 Å². The summed E-state index contributed by atoms with van der Waals surface area (Å²) in [6.45, 7) is 7.68. The Labute approximate surface area is 243 Å². The SMILES string of the molecule is CC(C)(C)OC(=O)N1C2CC[C@H]1[C@H]1CCCc3nc(Cl)c(F)c4nc(OC[C@@]56CCCN5C[C@H](F)C6)nc(c34)N1C2. The number of pyridine rings is 1. The number of anilines is 1. The van der Waals surface area contributed by atoms with Crippen molar-refractivity contribution in [3.8, 4) is 6.01 Å². The summed E-state index contributed by atoms with van der Waals surface area (Å²) in [7, 11) is 0. The fourth-order valence-electron chi connectivity index (χ4n) is 7.98. The van der Waals surface area contributed by atoms with Crippen LogP contribution in [0.25, 0.3) is 10.9 Å². The van der Waals surface area contributed by atoms with Gasteiger partial charge >= 0.3 is 12.1 Å². The Morgan fingerprint density at radius 2 is 1.95 bits per heavy atom. The first-order chi connectivity index (χ1) is 19.5. The van der Waals surface area contributed by atoms with E-state index in [2.05, 4.69) is 19.8 Å². The van der Waals surface area contributed by atoms with Gasteiger partial charge in [0, 0.05) is 19.5 Å². The smallest absolute Gasteiger partial charge is 0.410 e. The summed E-state index contributed by atoms with van der Waals surface area (Å²) < 4.78 is 42.0. The van der Waals surface area contributed by atoms with E-state index >= 15 is 4.39 Å². The maximum Gasteiger partial charge on any atom is 0.410 e. The predicted molar refractivity (Wildman–Crippen MR) is 150 cm³/mol. The third-order valence-corrected chi connectivity index (χ3v) is 9.85. The number of amides is 1. The van der Waals surface area contributed by atoms with Gasteiger partial charge in [-0.15, -0.1) is 0 Å². The minimum atomic E-state index is -0.882. The second kappa shape index (κ2) is 9.76. The summed E-state index contributed by atoms with van der Waals surface area (Å²) in [4.78, 5) is 33.4. The number of piperazine rings is 1. The molecule has 5 atom stereocenters. The molecule has 0 spiro atoms. The fourth-order valence-corrected chi connectivity index (χ4v) is 8.18. The van der Waals surface area contributed by atoms with E-state index in [9.17, 15) is 9.18 Å². The lowest BCUT2D eigenvalue weighted by molar-refractivity contribution is 0.00699. The molecule has 1 amide bonds. The van der Waals surface area contributed by atoms with E-state index in [4.69, 9.17) is 26.1 Å². The van der Waals surface area contributed by atoms with Gasteiger partial charge in [0.15, 0.2) is 11.0 Å². The largest absolute Gasteiger partial charge is 0.461 e. The lowest BCUT2D eigenvalue weighted by atomic mass is 9.93. The lowest BCUT2D eigenvalue weighted by Gasteiger charge is -2.48. The highest BCUT2D eigenvalue weighted by atomic mass is 35.5. The van der Waals surface area contributed by atoms with Gasteiger partial charge in [-0.3, -0.25) is 9.80 Å². The van der Waals surface area contributed by atoms with Crippen LogP contribution in [-0.4, -0.2) is 92.5 Å². The first kappa shape index (κ1) is 27.3. The van der Waals surface area contributed by atoms with Crippen molar-refractivity contribution in [3.05, 3.63) is 16.7 Å². The van der Waals surface area contributed by atoms with Crippen molar-refractivity contribution in [1.82, 2.24) is 24.8 Å². The second-order valence-electron chi connectivity index (χ2n) is 13.4. The summed E-state index contributed by atoms with van der Waals surface area (Å²) in [5.74, 6) is -0.124. The maximum atomic E-state index is 15.6. The molecule has 4 fully saturated rings. The zero-order valence-electron chi connectivity index (χ0n) is 23.8. The van der Waals surface area contributed by atoms with Gasteiger partial charge < -0.3 is 14.4 Å². The molecule has 7 heterocycles. The molecular formula is C29H37ClF2N6O3. The van der Waals surface area contributed by atoms with Crippen LogP contribution in [0, 0.1) is 5.82 Å². The number of rotatable bonds is 3. The van der Waals surface area contributed by atoms with Gasteiger partial charge in [0.1, 0.15) is 29.7 Å².